The van der Waals surface area contributed by atoms with Gasteiger partial charge >= 0.3 is 0 Å². The van der Waals surface area contributed by atoms with E-state index in [1.54, 1.807) is 30.5 Å². The monoisotopic (exact) mass is 460 g/mol. The number of benzene rings is 2. The fourth-order valence-corrected chi connectivity index (χ4v) is 4.05. The van der Waals surface area contributed by atoms with E-state index in [4.69, 9.17) is 0 Å². The molecule has 2 heterocycles. The van der Waals surface area contributed by atoms with Gasteiger partial charge < -0.3 is 20.4 Å². The number of hydrogen-bond acceptors (Lipinski definition) is 7. The Bertz CT molecular complexity index is 1220. The van der Waals surface area contributed by atoms with Crippen molar-refractivity contribution in [2.45, 2.75) is 12.6 Å². The van der Waals surface area contributed by atoms with Crippen LogP contribution in [0, 0.1) is 0 Å². The van der Waals surface area contributed by atoms with Gasteiger partial charge in [0.1, 0.15) is 5.75 Å². The molecule has 0 aliphatic carbocycles. The molecule has 3 N–H and O–H groups in total. The Morgan fingerprint density at radius 2 is 1.94 bits per heavy atom. The Morgan fingerprint density at radius 1 is 1.12 bits per heavy atom. The SMILES string of the molecule is CN(CC(O)c1cccc(O)c1)C(=O)c1cnc(NCc2cccs2)nc1-c1ccccc1. The predicted molar refractivity (Wildman–Crippen MR) is 129 cm³/mol. The summed E-state index contributed by atoms with van der Waals surface area (Å²) in [6, 6.07) is 19.8. The second kappa shape index (κ2) is 10.2. The first kappa shape index (κ1) is 22.4. The van der Waals surface area contributed by atoms with E-state index in [0.717, 1.165) is 10.4 Å². The van der Waals surface area contributed by atoms with Gasteiger partial charge in [-0.25, -0.2) is 9.97 Å². The largest absolute Gasteiger partial charge is 0.508 e. The molecular weight excluding hydrogens is 436 g/mol. The number of phenolic OH excluding ortho intramolecular Hbond substituents is 1. The topological polar surface area (TPSA) is 98.6 Å². The molecule has 2 aromatic carbocycles. The Hall–Kier alpha value is -3.75. The molecule has 0 spiro atoms. The Labute approximate surface area is 196 Å². The van der Waals surface area contributed by atoms with Crippen molar-refractivity contribution in [3.63, 3.8) is 0 Å². The normalized spacial score (nSPS) is 11.7. The zero-order chi connectivity index (χ0) is 23.2. The van der Waals surface area contributed by atoms with Gasteiger partial charge in [0.25, 0.3) is 5.91 Å². The number of nitrogens with zero attached hydrogens (tertiary/aromatic N) is 3. The summed E-state index contributed by atoms with van der Waals surface area (Å²) in [5.41, 5.74) is 2.18. The summed E-state index contributed by atoms with van der Waals surface area (Å²) in [6.07, 6.45) is 0.574. The standard InChI is InChI=1S/C25H24N4O3S/c1-29(16-22(31)18-9-5-10-19(30)13-18)24(32)21-15-27-25(26-14-20-11-6-12-33-20)28-23(21)17-7-3-2-4-8-17/h2-13,15,22,30-31H,14,16H2,1H3,(H,26,27,28). The third-order valence-electron chi connectivity index (χ3n) is 5.12. The van der Waals surface area contributed by atoms with Crippen molar-refractivity contribution in [2.24, 2.45) is 0 Å². The first-order chi connectivity index (χ1) is 16.0. The van der Waals surface area contributed by atoms with E-state index in [-0.39, 0.29) is 18.2 Å². The van der Waals surface area contributed by atoms with E-state index in [2.05, 4.69) is 15.3 Å². The van der Waals surface area contributed by atoms with Crippen LogP contribution in [-0.2, 0) is 6.54 Å². The summed E-state index contributed by atoms with van der Waals surface area (Å²) >= 11 is 1.64. The van der Waals surface area contributed by atoms with Crippen LogP contribution in [0.2, 0.25) is 0 Å². The molecule has 0 fully saturated rings. The lowest BCUT2D eigenvalue weighted by atomic mass is 10.1. The lowest BCUT2D eigenvalue weighted by molar-refractivity contribution is 0.0681. The molecule has 0 aliphatic heterocycles. The van der Waals surface area contributed by atoms with Crippen molar-refractivity contribution < 1.29 is 15.0 Å². The third kappa shape index (κ3) is 5.54. The average molecular weight is 461 g/mol. The van der Waals surface area contributed by atoms with Crippen LogP contribution in [0.1, 0.15) is 26.9 Å². The van der Waals surface area contributed by atoms with Gasteiger partial charge in [-0.3, -0.25) is 4.79 Å². The maximum absolute atomic E-state index is 13.3. The number of thiophene rings is 1. The molecule has 2 aromatic heterocycles. The smallest absolute Gasteiger partial charge is 0.257 e. The molecule has 7 nitrogen and oxygen atoms in total. The molecule has 4 rings (SSSR count). The van der Waals surface area contributed by atoms with Crippen LogP contribution in [0.5, 0.6) is 5.75 Å². The molecule has 1 amide bonds. The molecule has 8 heteroatoms. The highest BCUT2D eigenvalue weighted by Crippen LogP contribution is 2.25. The number of aromatic nitrogens is 2. The summed E-state index contributed by atoms with van der Waals surface area (Å²) < 4.78 is 0. The van der Waals surface area contributed by atoms with E-state index in [0.29, 0.717) is 29.3 Å². The molecule has 1 atom stereocenters. The second-order valence-electron chi connectivity index (χ2n) is 7.55. The molecule has 0 aliphatic rings. The van der Waals surface area contributed by atoms with Crippen LogP contribution in [0.4, 0.5) is 5.95 Å². The molecule has 0 saturated carbocycles. The number of likely N-dealkylation sites (N-methyl/N-ethyl adjacent to an activating group) is 1. The fraction of sp³-hybridized carbons (Fsp3) is 0.160. The fourth-order valence-electron chi connectivity index (χ4n) is 3.40. The number of amides is 1. The van der Waals surface area contributed by atoms with Crippen LogP contribution < -0.4 is 5.32 Å². The molecule has 0 radical (unpaired) electrons. The number of aromatic hydroxyl groups is 1. The van der Waals surface area contributed by atoms with Crippen molar-refractivity contribution in [3.05, 3.63) is 94.3 Å². The molecule has 33 heavy (non-hydrogen) atoms. The van der Waals surface area contributed by atoms with Gasteiger partial charge in [-0.15, -0.1) is 11.3 Å². The minimum absolute atomic E-state index is 0.0505. The first-order valence-corrected chi connectivity index (χ1v) is 11.3. The van der Waals surface area contributed by atoms with E-state index in [1.165, 1.54) is 23.2 Å². The van der Waals surface area contributed by atoms with Crippen LogP contribution in [0.25, 0.3) is 11.3 Å². The second-order valence-corrected chi connectivity index (χ2v) is 8.58. The Kier molecular flexibility index (Phi) is 6.97. The highest BCUT2D eigenvalue weighted by molar-refractivity contribution is 7.09. The number of anilines is 1. The van der Waals surface area contributed by atoms with Gasteiger partial charge in [-0.1, -0.05) is 48.5 Å². The van der Waals surface area contributed by atoms with Crippen molar-refractivity contribution in [2.75, 3.05) is 18.9 Å². The lowest BCUT2D eigenvalue weighted by Gasteiger charge is -2.22. The van der Waals surface area contributed by atoms with Crippen molar-refractivity contribution in [1.82, 2.24) is 14.9 Å². The molecule has 0 bridgehead atoms. The van der Waals surface area contributed by atoms with Gasteiger partial charge in [-0.2, -0.15) is 0 Å². The quantitative estimate of drug-likeness (QED) is 0.362. The van der Waals surface area contributed by atoms with Gasteiger partial charge in [0.05, 0.1) is 30.5 Å². The predicted octanol–water partition coefficient (Wildman–Crippen LogP) is 4.33. The van der Waals surface area contributed by atoms with Crippen LogP contribution >= 0.6 is 11.3 Å². The number of aliphatic hydroxyl groups is 1. The number of rotatable bonds is 8. The molecule has 0 saturated heterocycles. The zero-order valence-corrected chi connectivity index (χ0v) is 18.9. The Morgan fingerprint density at radius 3 is 2.67 bits per heavy atom. The summed E-state index contributed by atoms with van der Waals surface area (Å²) in [6.45, 7) is 0.643. The van der Waals surface area contributed by atoms with Gasteiger partial charge in [0, 0.05) is 23.7 Å². The van der Waals surface area contributed by atoms with Crippen molar-refractivity contribution in [1.29, 1.82) is 0 Å². The zero-order valence-electron chi connectivity index (χ0n) is 18.0. The van der Waals surface area contributed by atoms with Crippen molar-refractivity contribution >= 4 is 23.2 Å². The summed E-state index contributed by atoms with van der Waals surface area (Å²) in [5.74, 6) is 0.185. The molecule has 168 valence electrons. The molecule has 4 aromatic rings. The number of phenols is 1. The maximum Gasteiger partial charge on any atom is 0.257 e. The van der Waals surface area contributed by atoms with Crippen LogP contribution in [0.3, 0.4) is 0 Å². The number of aliphatic hydroxyl groups excluding tert-OH is 1. The van der Waals surface area contributed by atoms with Crippen LogP contribution in [0.15, 0.2) is 78.3 Å². The molecule has 1 unspecified atom stereocenters. The van der Waals surface area contributed by atoms with E-state index in [1.807, 2.05) is 47.8 Å². The minimum Gasteiger partial charge on any atom is -0.508 e. The highest BCUT2D eigenvalue weighted by Gasteiger charge is 2.22. The number of carbonyl (C=O) groups is 1. The Balaban J connectivity index is 1.57. The van der Waals surface area contributed by atoms with E-state index >= 15 is 0 Å². The average Bonchev–Trinajstić information content (AvgIpc) is 3.36. The summed E-state index contributed by atoms with van der Waals surface area (Å²) in [7, 11) is 1.62. The highest BCUT2D eigenvalue weighted by atomic mass is 32.1. The summed E-state index contributed by atoms with van der Waals surface area (Å²) in [5, 5.41) is 25.4. The minimum atomic E-state index is -0.945. The maximum atomic E-state index is 13.3. The third-order valence-corrected chi connectivity index (χ3v) is 5.99. The first-order valence-electron chi connectivity index (χ1n) is 10.4. The number of nitrogens with one attached hydrogen (secondary N) is 1. The number of carbonyl (C=O) groups excluding carboxylic acids is 1. The van der Waals surface area contributed by atoms with E-state index < -0.39 is 6.10 Å². The van der Waals surface area contributed by atoms with Crippen LogP contribution in [-0.4, -0.2) is 44.6 Å². The van der Waals surface area contributed by atoms with Gasteiger partial charge in [-0.05, 0) is 29.1 Å². The van der Waals surface area contributed by atoms with Gasteiger partial charge in [0.2, 0.25) is 5.95 Å². The summed E-state index contributed by atoms with van der Waals surface area (Å²) in [4.78, 5) is 24.9. The van der Waals surface area contributed by atoms with Gasteiger partial charge in [0.15, 0.2) is 0 Å². The lowest BCUT2D eigenvalue weighted by Crippen LogP contribution is -2.31. The number of hydrogen-bond donors (Lipinski definition) is 3. The molecular formula is C25H24N4O3S. The van der Waals surface area contributed by atoms with Crippen molar-refractivity contribution in [3.8, 4) is 17.0 Å². The van der Waals surface area contributed by atoms with E-state index in [9.17, 15) is 15.0 Å².